The van der Waals surface area contributed by atoms with Crippen LogP contribution in [0.25, 0.3) is 0 Å². The number of aryl methyl sites for hydroxylation is 1. The first-order valence-electron chi connectivity index (χ1n) is 8.46. The summed E-state index contributed by atoms with van der Waals surface area (Å²) in [4.78, 5) is 37.8. The second-order valence-corrected chi connectivity index (χ2v) is 7.99. The van der Waals surface area contributed by atoms with Crippen LogP contribution in [0.1, 0.15) is 33.6 Å². The smallest absolute Gasteiger partial charge is 0.341 e. The number of aliphatic carboxylic acids is 1. The van der Waals surface area contributed by atoms with E-state index >= 15 is 0 Å². The molecule has 25 heavy (non-hydrogen) atoms. The summed E-state index contributed by atoms with van der Waals surface area (Å²) >= 11 is 1.41. The van der Waals surface area contributed by atoms with E-state index in [0.717, 1.165) is 29.7 Å². The molecule has 6 nitrogen and oxygen atoms in total. The Kier molecular flexibility index (Phi) is 3.91. The number of ether oxygens (including phenoxy) is 1. The van der Waals surface area contributed by atoms with Gasteiger partial charge in [0, 0.05) is 4.88 Å². The van der Waals surface area contributed by atoms with Gasteiger partial charge in [-0.25, -0.2) is 4.79 Å². The van der Waals surface area contributed by atoms with Crippen LogP contribution < -0.4 is 5.32 Å². The van der Waals surface area contributed by atoms with Crippen LogP contribution in [0.3, 0.4) is 0 Å². The molecule has 4 atom stereocenters. The van der Waals surface area contributed by atoms with Crippen molar-refractivity contribution in [3.63, 3.8) is 0 Å². The van der Waals surface area contributed by atoms with Crippen LogP contribution in [0.2, 0.25) is 0 Å². The molecule has 0 aliphatic heterocycles. The van der Waals surface area contributed by atoms with Gasteiger partial charge in [0.15, 0.2) is 0 Å². The van der Waals surface area contributed by atoms with Crippen molar-refractivity contribution in [1.82, 2.24) is 0 Å². The van der Waals surface area contributed by atoms with Gasteiger partial charge in [-0.3, -0.25) is 9.59 Å². The van der Waals surface area contributed by atoms with Gasteiger partial charge in [-0.15, -0.1) is 11.3 Å². The number of carbonyl (C=O) groups is 3. The summed E-state index contributed by atoms with van der Waals surface area (Å²) in [5.41, 5.74) is 1.41. The SMILES string of the molecule is COC(=O)c1c(NC(=O)[C@H]2[C@@H](C(=O)O)[C@@H]3C=C[C@@H]2C3)sc2c1CCC2. The second-order valence-electron chi connectivity index (χ2n) is 6.88. The highest BCUT2D eigenvalue weighted by molar-refractivity contribution is 7.17. The van der Waals surface area contributed by atoms with Crippen molar-refractivity contribution in [3.05, 3.63) is 28.2 Å². The second kappa shape index (κ2) is 5.98. The molecule has 1 aromatic rings. The van der Waals surface area contributed by atoms with Crippen LogP contribution in [0.5, 0.6) is 0 Å². The number of anilines is 1. The van der Waals surface area contributed by atoms with Crippen LogP contribution in [0.4, 0.5) is 5.00 Å². The number of allylic oxidation sites excluding steroid dienone is 2. The van der Waals surface area contributed by atoms with Crippen LogP contribution in [0.15, 0.2) is 12.2 Å². The first-order chi connectivity index (χ1) is 12.0. The maximum absolute atomic E-state index is 12.9. The fraction of sp³-hybridized carbons (Fsp3) is 0.500. The highest BCUT2D eigenvalue weighted by Crippen LogP contribution is 2.49. The van der Waals surface area contributed by atoms with E-state index in [-0.39, 0.29) is 17.7 Å². The quantitative estimate of drug-likeness (QED) is 0.635. The van der Waals surface area contributed by atoms with Gasteiger partial charge in [-0.2, -0.15) is 0 Å². The van der Waals surface area contributed by atoms with Crippen LogP contribution in [0, 0.1) is 23.7 Å². The fourth-order valence-electron chi connectivity index (χ4n) is 4.52. The van der Waals surface area contributed by atoms with Crippen molar-refractivity contribution >= 4 is 34.2 Å². The summed E-state index contributed by atoms with van der Waals surface area (Å²) in [7, 11) is 1.33. The largest absolute Gasteiger partial charge is 0.481 e. The molecule has 0 radical (unpaired) electrons. The maximum Gasteiger partial charge on any atom is 0.341 e. The van der Waals surface area contributed by atoms with Gasteiger partial charge in [0.2, 0.25) is 5.91 Å². The van der Waals surface area contributed by atoms with E-state index in [1.54, 1.807) is 0 Å². The molecule has 1 fully saturated rings. The van der Waals surface area contributed by atoms with E-state index in [2.05, 4.69) is 5.32 Å². The standard InChI is InChI=1S/C18H19NO5S/c1-24-18(23)14-10-3-2-4-11(10)25-16(14)19-15(20)12-8-5-6-9(7-8)13(12)17(21)22/h5-6,8-9,12-13H,2-4,7H2,1H3,(H,19,20)(H,21,22)/t8-,9-,12-,13+/m1/s1. The van der Waals surface area contributed by atoms with Crippen LogP contribution in [-0.2, 0) is 27.2 Å². The van der Waals surface area contributed by atoms with E-state index in [1.165, 1.54) is 18.4 Å². The third kappa shape index (κ3) is 2.49. The van der Waals surface area contributed by atoms with E-state index < -0.39 is 23.8 Å². The van der Waals surface area contributed by atoms with Crippen LogP contribution >= 0.6 is 11.3 Å². The molecular formula is C18H19NO5S. The molecule has 1 saturated carbocycles. The molecule has 0 spiro atoms. The molecule has 3 aliphatic carbocycles. The topological polar surface area (TPSA) is 92.7 Å². The Bertz CT molecular complexity index is 796. The monoisotopic (exact) mass is 361 g/mol. The molecule has 2 N–H and O–H groups in total. The molecule has 2 bridgehead atoms. The molecule has 1 aromatic heterocycles. The lowest BCUT2D eigenvalue weighted by atomic mass is 9.82. The van der Waals surface area contributed by atoms with E-state index in [0.29, 0.717) is 17.0 Å². The number of thiophene rings is 1. The summed E-state index contributed by atoms with van der Waals surface area (Å²) in [6.45, 7) is 0. The molecule has 0 saturated heterocycles. The minimum absolute atomic E-state index is 0.0421. The highest BCUT2D eigenvalue weighted by Gasteiger charge is 2.51. The lowest BCUT2D eigenvalue weighted by molar-refractivity contribution is -0.146. The molecule has 1 amide bonds. The van der Waals surface area contributed by atoms with Gasteiger partial charge < -0.3 is 15.2 Å². The number of carboxylic acid groups (broad SMARTS) is 1. The summed E-state index contributed by atoms with van der Waals surface area (Å²) in [5.74, 6) is -3.09. The Balaban J connectivity index is 1.63. The number of amides is 1. The average molecular weight is 361 g/mol. The number of fused-ring (bicyclic) bond motifs is 3. The lowest BCUT2D eigenvalue weighted by Crippen LogP contribution is -2.36. The third-order valence-corrected chi connectivity index (χ3v) is 6.80. The van der Waals surface area contributed by atoms with Gasteiger partial charge in [0.1, 0.15) is 5.00 Å². The number of carbonyl (C=O) groups excluding carboxylic acids is 2. The maximum atomic E-state index is 12.9. The molecular weight excluding hydrogens is 342 g/mol. The van der Waals surface area contributed by atoms with Crippen molar-refractivity contribution in [3.8, 4) is 0 Å². The van der Waals surface area contributed by atoms with Crippen molar-refractivity contribution in [2.24, 2.45) is 23.7 Å². The lowest BCUT2D eigenvalue weighted by Gasteiger charge is -2.23. The summed E-state index contributed by atoms with van der Waals surface area (Å²) in [6.07, 6.45) is 7.27. The molecule has 1 heterocycles. The molecule has 7 heteroatoms. The Labute approximate surface area is 148 Å². The summed E-state index contributed by atoms with van der Waals surface area (Å²) < 4.78 is 4.89. The normalized spacial score (nSPS) is 28.8. The zero-order valence-corrected chi connectivity index (χ0v) is 14.6. The van der Waals surface area contributed by atoms with E-state index in [9.17, 15) is 19.5 Å². The Hall–Kier alpha value is -2.15. The molecule has 0 aromatic carbocycles. The fourth-order valence-corrected chi connectivity index (χ4v) is 5.80. The van der Waals surface area contributed by atoms with E-state index in [4.69, 9.17) is 4.74 Å². The van der Waals surface area contributed by atoms with Gasteiger partial charge in [-0.1, -0.05) is 12.2 Å². The predicted octanol–water partition coefficient (Wildman–Crippen LogP) is 2.48. The van der Waals surface area contributed by atoms with Gasteiger partial charge in [0.25, 0.3) is 0 Å². The van der Waals surface area contributed by atoms with Gasteiger partial charge >= 0.3 is 11.9 Å². The molecule has 4 rings (SSSR count). The summed E-state index contributed by atoms with van der Waals surface area (Å²) in [5, 5.41) is 12.9. The zero-order valence-electron chi connectivity index (χ0n) is 13.8. The molecule has 3 aliphatic rings. The number of rotatable bonds is 4. The van der Waals surface area contributed by atoms with Gasteiger partial charge in [-0.05, 0) is 43.1 Å². The Morgan fingerprint density at radius 1 is 1.20 bits per heavy atom. The minimum atomic E-state index is -0.932. The van der Waals surface area contributed by atoms with Crippen molar-refractivity contribution < 1.29 is 24.2 Å². The Morgan fingerprint density at radius 2 is 1.92 bits per heavy atom. The van der Waals surface area contributed by atoms with Crippen molar-refractivity contribution in [1.29, 1.82) is 0 Å². The highest BCUT2D eigenvalue weighted by atomic mass is 32.1. The van der Waals surface area contributed by atoms with Crippen LogP contribution in [-0.4, -0.2) is 30.1 Å². The first kappa shape index (κ1) is 16.3. The number of hydrogen-bond acceptors (Lipinski definition) is 5. The number of esters is 1. The third-order valence-electron chi connectivity index (χ3n) is 5.59. The predicted molar refractivity (Wildman–Crippen MR) is 91.7 cm³/mol. The van der Waals surface area contributed by atoms with Crippen molar-refractivity contribution in [2.75, 3.05) is 12.4 Å². The summed E-state index contributed by atoms with van der Waals surface area (Å²) in [6, 6.07) is 0. The van der Waals surface area contributed by atoms with Gasteiger partial charge in [0.05, 0.1) is 24.5 Å². The number of carboxylic acids is 1. The number of hydrogen-bond donors (Lipinski definition) is 2. The molecule has 132 valence electrons. The first-order valence-corrected chi connectivity index (χ1v) is 9.27. The van der Waals surface area contributed by atoms with E-state index in [1.807, 2.05) is 12.2 Å². The molecule has 0 unspecified atom stereocenters. The number of nitrogens with one attached hydrogen (secondary N) is 1. The number of methoxy groups -OCH3 is 1. The zero-order chi connectivity index (χ0) is 17.7. The Morgan fingerprint density at radius 3 is 2.60 bits per heavy atom. The average Bonchev–Trinajstić information content (AvgIpc) is 3.32. The minimum Gasteiger partial charge on any atom is -0.481 e. The van der Waals surface area contributed by atoms with Crippen molar-refractivity contribution in [2.45, 2.75) is 25.7 Å².